The lowest BCUT2D eigenvalue weighted by molar-refractivity contribution is -0.142. The van der Waals surface area contributed by atoms with E-state index in [2.05, 4.69) is 0 Å². The molecule has 5 nitrogen and oxygen atoms in total. The molecule has 1 atom stereocenters. The number of rotatable bonds is 8. The zero-order valence-electron chi connectivity index (χ0n) is 18.0. The van der Waals surface area contributed by atoms with E-state index < -0.39 is 17.9 Å². The van der Waals surface area contributed by atoms with Crippen molar-refractivity contribution < 1.29 is 19.1 Å². The molecular weight excluding hydrogens is 473 g/mol. The highest BCUT2D eigenvalue weighted by atomic mass is 35.5. The molecule has 1 heterocycles. The Balaban J connectivity index is 1.69. The maximum Gasteiger partial charge on any atom is 0.326 e. The first-order valence-corrected chi connectivity index (χ1v) is 11.3. The molecule has 4 aromatic rings. The number of halogens is 2. The fourth-order valence-corrected chi connectivity index (χ4v) is 4.12. The van der Waals surface area contributed by atoms with Gasteiger partial charge in [-0.25, -0.2) is 4.79 Å². The summed E-state index contributed by atoms with van der Waals surface area (Å²) >= 11 is 12.4. The van der Waals surface area contributed by atoms with Crippen LogP contribution in [0.25, 0.3) is 11.3 Å². The largest absolute Gasteiger partial charge is 0.480 e. The van der Waals surface area contributed by atoms with Crippen molar-refractivity contribution in [1.82, 2.24) is 4.90 Å². The molecular formula is C27H21Cl2NO4. The Bertz CT molecular complexity index is 1300. The fraction of sp³-hybridized carbons (Fsp3) is 0.111. The van der Waals surface area contributed by atoms with Crippen molar-refractivity contribution >= 4 is 35.1 Å². The molecule has 0 aliphatic carbocycles. The molecule has 0 saturated heterocycles. The number of hydrogen-bond acceptors (Lipinski definition) is 3. The van der Waals surface area contributed by atoms with Gasteiger partial charge in [-0.1, -0.05) is 77.8 Å². The summed E-state index contributed by atoms with van der Waals surface area (Å²) in [6.07, 6.45) is 0.133. The van der Waals surface area contributed by atoms with E-state index in [1.165, 1.54) is 4.90 Å². The van der Waals surface area contributed by atoms with Gasteiger partial charge in [0.25, 0.3) is 5.91 Å². The van der Waals surface area contributed by atoms with E-state index in [-0.39, 0.29) is 23.6 Å². The second kappa shape index (κ2) is 10.6. The summed E-state index contributed by atoms with van der Waals surface area (Å²) in [6.45, 7) is -0.0472. The summed E-state index contributed by atoms with van der Waals surface area (Å²) in [7, 11) is 0. The standard InChI is InChI=1S/C27H21Cl2NO4/c28-20-10-6-9-19(16-20)25-14-13-21(34-25)17-30(26(31)22-11-4-5-12-23(22)29)24(27(32)33)15-18-7-2-1-3-8-18/h1-14,16,24H,15,17H2,(H,32,33). The van der Waals surface area contributed by atoms with Gasteiger partial charge in [-0.15, -0.1) is 0 Å². The van der Waals surface area contributed by atoms with E-state index in [0.717, 1.165) is 11.1 Å². The fourth-order valence-electron chi connectivity index (χ4n) is 3.71. The third-order valence-corrected chi connectivity index (χ3v) is 5.96. The topological polar surface area (TPSA) is 70.8 Å². The maximum atomic E-state index is 13.5. The van der Waals surface area contributed by atoms with Crippen LogP contribution in [0.1, 0.15) is 21.7 Å². The number of carbonyl (C=O) groups is 2. The van der Waals surface area contributed by atoms with Crippen LogP contribution in [0.15, 0.2) is 95.4 Å². The molecule has 0 radical (unpaired) electrons. The molecule has 3 aromatic carbocycles. The van der Waals surface area contributed by atoms with Gasteiger partial charge < -0.3 is 14.4 Å². The van der Waals surface area contributed by atoms with E-state index >= 15 is 0 Å². The minimum Gasteiger partial charge on any atom is -0.480 e. The first kappa shape index (κ1) is 23.6. The number of benzene rings is 3. The summed E-state index contributed by atoms with van der Waals surface area (Å²) in [5.74, 6) is -0.604. The number of carboxylic acids is 1. The van der Waals surface area contributed by atoms with Gasteiger partial charge in [0.1, 0.15) is 17.6 Å². The molecule has 0 bridgehead atoms. The third kappa shape index (κ3) is 5.50. The van der Waals surface area contributed by atoms with Gasteiger partial charge in [-0.3, -0.25) is 4.79 Å². The van der Waals surface area contributed by atoms with Gasteiger partial charge >= 0.3 is 5.97 Å². The number of furan rings is 1. The first-order valence-electron chi connectivity index (χ1n) is 10.6. The van der Waals surface area contributed by atoms with Gasteiger partial charge in [0, 0.05) is 17.0 Å². The predicted molar refractivity (Wildman–Crippen MR) is 132 cm³/mol. The number of hydrogen-bond donors (Lipinski definition) is 1. The summed E-state index contributed by atoms with van der Waals surface area (Å²) < 4.78 is 5.97. The van der Waals surface area contributed by atoms with Crippen molar-refractivity contribution in [3.63, 3.8) is 0 Å². The molecule has 1 amide bonds. The molecule has 0 fully saturated rings. The quantitative estimate of drug-likeness (QED) is 0.300. The van der Waals surface area contributed by atoms with Gasteiger partial charge in [0.15, 0.2) is 0 Å². The Hall–Kier alpha value is -3.54. The second-order valence-corrected chi connectivity index (χ2v) is 8.58. The van der Waals surface area contributed by atoms with E-state index in [9.17, 15) is 14.7 Å². The van der Waals surface area contributed by atoms with Crippen LogP contribution in [0.2, 0.25) is 10.0 Å². The molecule has 0 aliphatic heterocycles. The van der Waals surface area contributed by atoms with Crippen LogP contribution in [0.5, 0.6) is 0 Å². The van der Waals surface area contributed by atoms with Crippen LogP contribution in [0.3, 0.4) is 0 Å². The number of nitrogens with zero attached hydrogens (tertiary/aromatic N) is 1. The van der Waals surface area contributed by atoms with Crippen molar-refractivity contribution in [2.75, 3.05) is 0 Å². The van der Waals surface area contributed by atoms with Crippen molar-refractivity contribution in [2.45, 2.75) is 19.0 Å². The van der Waals surface area contributed by atoms with Crippen LogP contribution in [0.4, 0.5) is 0 Å². The molecule has 4 rings (SSSR count). The van der Waals surface area contributed by atoms with Gasteiger partial charge in [0.2, 0.25) is 0 Å². The Morgan fingerprint density at radius 2 is 1.62 bits per heavy atom. The number of amides is 1. The predicted octanol–water partition coefficient (Wildman–Crippen LogP) is 6.59. The van der Waals surface area contributed by atoms with Crippen molar-refractivity contribution in [3.8, 4) is 11.3 Å². The number of carbonyl (C=O) groups excluding carboxylic acids is 1. The normalized spacial score (nSPS) is 11.7. The minimum absolute atomic E-state index is 0.0472. The van der Waals surface area contributed by atoms with Crippen molar-refractivity contribution in [2.24, 2.45) is 0 Å². The maximum absolute atomic E-state index is 13.5. The van der Waals surface area contributed by atoms with E-state index in [0.29, 0.717) is 16.5 Å². The van der Waals surface area contributed by atoms with E-state index in [4.69, 9.17) is 27.6 Å². The number of carboxylic acid groups (broad SMARTS) is 1. The Morgan fingerprint density at radius 3 is 2.32 bits per heavy atom. The molecule has 0 aliphatic rings. The summed E-state index contributed by atoms with van der Waals surface area (Å²) in [5.41, 5.74) is 1.80. The Labute approximate surface area is 207 Å². The Kier molecular flexibility index (Phi) is 7.36. The van der Waals surface area contributed by atoms with Crippen molar-refractivity contribution in [3.05, 3.63) is 118 Å². The molecule has 1 N–H and O–H groups in total. The molecule has 1 aromatic heterocycles. The monoisotopic (exact) mass is 493 g/mol. The average molecular weight is 494 g/mol. The summed E-state index contributed by atoms with van der Waals surface area (Å²) in [5, 5.41) is 10.9. The van der Waals surface area contributed by atoms with Gasteiger partial charge in [-0.05, 0) is 42.0 Å². The minimum atomic E-state index is -1.13. The van der Waals surface area contributed by atoms with E-state index in [1.54, 1.807) is 48.5 Å². The third-order valence-electron chi connectivity index (χ3n) is 5.40. The molecule has 172 valence electrons. The smallest absolute Gasteiger partial charge is 0.326 e. The first-order chi connectivity index (χ1) is 16.4. The summed E-state index contributed by atoms with van der Waals surface area (Å²) in [6, 6.07) is 25.3. The van der Waals surface area contributed by atoms with Gasteiger partial charge in [-0.2, -0.15) is 0 Å². The van der Waals surface area contributed by atoms with E-state index in [1.807, 2.05) is 42.5 Å². The highest BCUT2D eigenvalue weighted by molar-refractivity contribution is 6.33. The van der Waals surface area contributed by atoms with Crippen LogP contribution >= 0.6 is 23.2 Å². The zero-order valence-corrected chi connectivity index (χ0v) is 19.5. The second-order valence-electron chi connectivity index (χ2n) is 7.73. The number of aliphatic carboxylic acids is 1. The molecule has 0 spiro atoms. The molecule has 0 saturated carbocycles. The Morgan fingerprint density at radius 1 is 0.882 bits per heavy atom. The molecule has 34 heavy (non-hydrogen) atoms. The lowest BCUT2D eigenvalue weighted by Crippen LogP contribution is -2.46. The van der Waals surface area contributed by atoms with Crippen LogP contribution in [-0.4, -0.2) is 27.9 Å². The average Bonchev–Trinajstić information content (AvgIpc) is 3.30. The SMILES string of the molecule is O=C(O)C(Cc1ccccc1)N(Cc1ccc(-c2cccc(Cl)c2)o1)C(=O)c1ccccc1Cl. The summed E-state index contributed by atoms with van der Waals surface area (Å²) in [4.78, 5) is 27.2. The highest BCUT2D eigenvalue weighted by Gasteiger charge is 2.32. The van der Waals surface area contributed by atoms with Crippen molar-refractivity contribution in [1.29, 1.82) is 0 Å². The lowest BCUT2D eigenvalue weighted by atomic mass is 10.0. The molecule has 1 unspecified atom stereocenters. The highest BCUT2D eigenvalue weighted by Crippen LogP contribution is 2.27. The van der Waals surface area contributed by atoms with Crippen LogP contribution in [0, 0.1) is 0 Å². The van der Waals surface area contributed by atoms with Gasteiger partial charge in [0.05, 0.1) is 17.1 Å². The molecule has 7 heteroatoms. The van der Waals surface area contributed by atoms with Crippen LogP contribution in [-0.2, 0) is 17.8 Å². The zero-order chi connectivity index (χ0) is 24.1. The lowest BCUT2D eigenvalue weighted by Gasteiger charge is -2.29. The van der Waals surface area contributed by atoms with Crippen LogP contribution < -0.4 is 0 Å².